The second kappa shape index (κ2) is 8.34. The minimum Gasteiger partial charge on any atom is -0.390 e. The Morgan fingerprint density at radius 3 is 2.59 bits per heavy atom. The van der Waals surface area contributed by atoms with Gasteiger partial charge in [0.25, 0.3) is 0 Å². The first-order chi connectivity index (χ1) is 15.9. The summed E-state index contributed by atoms with van der Waals surface area (Å²) in [4.78, 5) is 0. The summed E-state index contributed by atoms with van der Waals surface area (Å²) in [6.07, 6.45) is 12.6. The minimum absolute atomic E-state index is 0.120. The SMILES string of the molecule is C[C@H]1[C@H]2[C@@H]3CC[C@@H]4C[C@](C)(O)CC[C@@H]4[C@H]3CC[C@]2(C)[C@@H]([C@@](C)(O)Cn2cc(C#N)cn2)C[C@@H]1C. The molecule has 1 heterocycles. The predicted octanol–water partition coefficient (Wildman–Crippen LogP) is 5.41. The van der Waals surface area contributed by atoms with E-state index in [1.807, 2.05) is 13.8 Å². The molecule has 0 saturated heterocycles. The Hall–Kier alpha value is -1.38. The number of nitriles is 1. The van der Waals surface area contributed by atoms with E-state index >= 15 is 0 Å². The van der Waals surface area contributed by atoms with Gasteiger partial charge in [-0.25, -0.2) is 0 Å². The van der Waals surface area contributed by atoms with Crippen molar-refractivity contribution in [2.24, 2.45) is 52.8 Å². The second-order valence-corrected chi connectivity index (χ2v) is 13.7. The molecule has 1 aromatic heterocycles. The molecule has 4 saturated carbocycles. The maximum Gasteiger partial charge on any atom is 0.102 e. The normalized spacial score (nSPS) is 48.1. The van der Waals surface area contributed by atoms with E-state index in [-0.39, 0.29) is 11.3 Å². The third kappa shape index (κ3) is 3.94. The molecule has 0 radical (unpaired) electrons. The Kier molecular flexibility index (Phi) is 5.97. The monoisotopic (exact) mass is 467 g/mol. The fourth-order valence-corrected chi connectivity index (χ4v) is 9.87. The molecule has 4 aliphatic carbocycles. The first-order valence-electron chi connectivity index (χ1n) is 13.8. The van der Waals surface area contributed by atoms with E-state index in [0.717, 1.165) is 37.0 Å². The van der Waals surface area contributed by atoms with Gasteiger partial charge in [-0.1, -0.05) is 20.8 Å². The van der Waals surface area contributed by atoms with E-state index in [1.54, 1.807) is 17.1 Å². The van der Waals surface area contributed by atoms with Gasteiger partial charge in [-0.3, -0.25) is 4.68 Å². The van der Waals surface area contributed by atoms with E-state index in [9.17, 15) is 15.5 Å². The molecule has 4 fully saturated rings. The number of nitrogens with zero attached hydrogens (tertiary/aromatic N) is 3. The molecule has 0 spiro atoms. The van der Waals surface area contributed by atoms with Crippen molar-refractivity contribution in [2.45, 2.75) is 104 Å². The topological polar surface area (TPSA) is 82.1 Å². The Bertz CT molecular complexity index is 945. The lowest BCUT2D eigenvalue weighted by molar-refractivity contribution is -0.196. The average Bonchev–Trinajstić information content (AvgIpc) is 3.21. The maximum atomic E-state index is 12.0. The molecule has 5 heteroatoms. The van der Waals surface area contributed by atoms with Crippen LogP contribution in [0.5, 0.6) is 0 Å². The second-order valence-electron chi connectivity index (χ2n) is 13.7. The van der Waals surface area contributed by atoms with Crippen LogP contribution in [0, 0.1) is 64.1 Å². The largest absolute Gasteiger partial charge is 0.390 e. The zero-order valence-electron chi connectivity index (χ0n) is 21.9. The Morgan fingerprint density at radius 1 is 1.15 bits per heavy atom. The molecule has 5 rings (SSSR count). The van der Waals surface area contributed by atoms with Crippen LogP contribution in [0.2, 0.25) is 0 Å². The molecule has 0 amide bonds. The summed E-state index contributed by atoms with van der Waals surface area (Å²) in [5, 5.41) is 36.2. The third-order valence-corrected chi connectivity index (χ3v) is 11.4. The Balaban J connectivity index is 1.42. The van der Waals surface area contributed by atoms with Gasteiger partial charge in [-0.05, 0) is 118 Å². The van der Waals surface area contributed by atoms with Gasteiger partial charge in [0, 0.05) is 6.20 Å². The fourth-order valence-electron chi connectivity index (χ4n) is 9.87. The van der Waals surface area contributed by atoms with Gasteiger partial charge in [0.2, 0.25) is 0 Å². The van der Waals surface area contributed by atoms with Crippen molar-refractivity contribution in [1.82, 2.24) is 9.78 Å². The standard InChI is InChI=1S/C29H45N3O2/c1-18-12-25(29(5,34)17-32-16-20(14-30)15-31-32)28(4)11-9-23-22-8-10-27(3,33)13-21(22)6-7-24(23)26(28)19(18)2/h15-16,18-19,21-26,33-34H,6-13,17H2,1-5H3/t18-,19+,21+,22-,23+,24+,25-,26-,27+,28+,29-/m0/s1. The highest BCUT2D eigenvalue weighted by Gasteiger charge is 2.61. The number of rotatable bonds is 3. The third-order valence-electron chi connectivity index (χ3n) is 11.4. The van der Waals surface area contributed by atoms with Crippen LogP contribution in [-0.2, 0) is 6.54 Å². The van der Waals surface area contributed by atoms with Crippen LogP contribution >= 0.6 is 0 Å². The summed E-state index contributed by atoms with van der Waals surface area (Å²) < 4.78 is 1.77. The minimum atomic E-state index is -0.867. The molecule has 34 heavy (non-hydrogen) atoms. The number of hydrogen-bond donors (Lipinski definition) is 2. The van der Waals surface area contributed by atoms with Crippen LogP contribution in [-0.4, -0.2) is 31.2 Å². The van der Waals surface area contributed by atoms with E-state index in [0.29, 0.717) is 35.8 Å². The number of hydrogen-bond acceptors (Lipinski definition) is 4. The summed E-state index contributed by atoms with van der Waals surface area (Å²) in [6, 6.07) is 2.16. The van der Waals surface area contributed by atoms with Crippen molar-refractivity contribution in [1.29, 1.82) is 5.26 Å². The van der Waals surface area contributed by atoms with Crippen LogP contribution < -0.4 is 0 Å². The van der Waals surface area contributed by atoms with Gasteiger partial charge in [-0.15, -0.1) is 0 Å². The molecule has 0 aliphatic heterocycles. The highest BCUT2D eigenvalue weighted by Crippen LogP contribution is 2.66. The maximum absolute atomic E-state index is 12.0. The molecule has 0 aromatic carbocycles. The zero-order valence-corrected chi connectivity index (χ0v) is 21.9. The lowest BCUT2D eigenvalue weighted by Gasteiger charge is -2.65. The summed E-state index contributed by atoms with van der Waals surface area (Å²) in [5.74, 6) is 5.12. The van der Waals surface area contributed by atoms with Gasteiger partial charge < -0.3 is 10.2 Å². The molecular weight excluding hydrogens is 422 g/mol. The van der Waals surface area contributed by atoms with Crippen LogP contribution in [0.15, 0.2) is 12.4 Å². The molecule has 0 unspecified atom stereocenters. The average molecular weight is 468 g/mol. The highest BCUT2D eigenvalue weighted by atomic mass is 16.3. The van der Waals surface area contributed by atoms with Gasteiger partial charge in [0.1, 0.15) is 6.07 Å². The number of aromatic nitrogens is 2. The summed E-state index contributed by atoms with van der Waals surface area (Å²) >= 11 is 0. The fraction of sp³-hybridized carbons (Fsp3) is 0.862. The quantitative estimate of drug-likeness (QED) is 0.623. The first-order valence-corrected chi connectivity index (χ1v) is 13.8. The van der Waals surface area contributed by atoms with Crippen LogP contribution in [0.1, 0.15) is 91.5 Å². The van der Waals surface area contributed by atoms with Gasteiger partial charge in [0.15, 0.2) is 0 Å². The first kappa shape index (κ1) is 24.3. The Morgan fingerprint density at radius 2 is 1.88 bits per heavy atom. The van der Waals surface area contributed by atoms with Crippen molar-refractivity contribution in [3.63, 3.8) is 0 Å². The van der Waals surface area contributed by atoms with E-state index in [4.69, 9.17) is 0 Å². The number of aliphatic hydroxyl groups is 2. The van der Waals surface area contributed by atoms with Crippen LogP contribution in [0.3, 0.4) is 0 Å². The molecule has 2 N–H and O–H groups in total. The smallest absolute Gasteiger partial charge is 0.102 e. The summed E-state index contributed by atoms with van der Waals surface area (Å²) in [5.41, 5.74) is -0.664. The molecule has 1 aromatic rings. The lowest BCUT2D eigenvalue weighted by Crippen LogP contribution is -2.61. The Labute approximate surface area is 205 Å². The van der Waals surface area contributed by atoms with Crippen molar-refractivity contribution >= 4 is 0 Å². The molecule has 188 valence electrons. The van der Waals surface area contributed by atoms with E-state index < -0.39 is 11.2 Å². The predicted molar refractivity (Wildman–Crippen MR) is 133 cm³/mol. The summed E-state index contributed by atoms with van der Waals surface area (Å²) in [6.45, 7) is 11.9. The summed E-state index contributed by atoms with van der Waals surface area (Å²) in [7, 11) is 0. The zero-order chi connectivity index (χ0) is 24.5. The van der Waals surface area contributed by atoms with Crippen LogP contribution in [0.25, 0.3) is 0 Å². The van der Waals surface area contributed by atoms with Crippen molar-refractivity contribution in [3.05, 3.63) is 18.0 Å². The number of fused-ring (bicyclic) bond motifs is 5. The van der Waals surface area contributed by atoms with Gasteiger partial charge >= 0.3 is 0 Å². The molecule has 5 nitrogen and oxygen atoms in total. The van der Waals surface area contributed by atoms with Crippen LogP contribution in [0.4, 0.5) is 0 Å². The molecule has 0 bridgehead atoms. The lowest BCUT2D eigenvalue weighted by atomic mass is 9.40. The van der Waals surface area contributed by atoms with Crippen molar-refractivity contribution < 1.29 is 10.2 Å². The van der Waals surface area contributed by atoms with Gasteiger partial charge in [-0.2, -0.15) is 10.4 Å². The van der Waals surface area contributed by atoms with E-state index in [2.05, 4.69) is 31.9 Å². The van der Waals surface area contributed by atoms with E-state index in [1.165, 1.54) is 32.1 Å². The van der Waals surface area contributed by atoms with Crippen molar-refractivity contribution in [2.75, 3.05) is 0 Å². The van der Waals surface area contributed by atoms with Gasteiger partial charge in [0.05, 0.1) is 29.5 Å². The van der Waals surface area contributed by atoms with Crippen molar-refractivity contribution in [3.8, 4) is 6.07 Å². The molecule has 4 aliphatic rings. The molecular formula is C29H45N3O2. The molecule has 11 atom stereocenters. The highest BCUT2D eigenvalue weighted by molar-refractivity contribution is 5.21.